The van der Waals surface area contributed by atoms with Crippen molar-refractivity contribution in [3.8, 4) is 22.9 Å². The molecule has 20 heavy (non-hydrogen) atoms. The van der Waals surface area contributed by atoms with Gasteiger partial charge in [0.25, 0.3) is 0 Å². The molecule has 0 aliphatic carbocycles. The molecule has 5 nitrogen and oxygen atoms in total. The van der Waals surface area contributed by atoms with Gasteiger partial charge in [0.2, 0.25) is 11.8 Å². The molecule has 2 N–H and O–H groups in total. The van der Waals surface area contributed by atoms with Gasteiger partial charge in [-0.1, -0.05) is 36.4 Å². The fraction of sp³-hybridized carbons (Fsp3) is 0. The summed E-state index contributed by atoms with van der Waals surface area (Å²) < 4.78 is 5.60. The number of aromatic nitrogens is 2. The quantitative estimate of drug-likeness (QED) is 0.693. The van der Waals surface area contributed by atoms with Crippen LogP contribution in [0.2, 0.25) is 0 Å². The van der Waals surface area contributed by atoms with Gasteiger partial charge < -0.3 is 14.5 Å². The predicted molar refractivity (Wildman–Crippen MR) is 75.0 cm³/mol. The fourth-order valence-electron chi connectivity index (χ4n) is 1.95. The normalized spacial score (nSPS) is 10.5. The minimum Gasteiger partial charge on any atom is -0.423 e. The summed E-state index contributed by atoms with van der Waals surface area (Å²) in [6.07, 6.45) is 0. The average molecular weight is 266 g/mol. The Kier molecular flexibility index (Phi) is 3.33. The second-order valence-electron chi connectivity index (χ2n) is 4.24. The van der Waals surface area contributed by atoms with Crippen LogP contribution in [0.4, 0.5) is 0 Å². The molecule has 0 amide bonds. The molecule has 0 saturated heterocycles. The lowest BCUT2D eigenvalue weighted by Crippen LogP contribution is -2.31. The summed E-state index contributed by atoms with van der Waals surface area (Å²) in [6, 6.07) is 16.2. The van der Waals surface area contributed by atoms with Crippen LogP contribution in [0.15, 0.2) is 59.0 Å². The van der Waals surface area contributed by atoms with E-state index in [-0.39, 0.29) is 5.89 Å². The topological polar surface area (TPSA) is 79.4 Å². The van der Waals surface area contributed by atoms with Crippen LogP contribution in [0.1, 0.15) is 0 Å². The average Bonchev–Trinajstić information content (AvgIpc) is 2.98. The van der Waals surface area contributed by atoms with Crippen molar-refractivity contribution in [3.05, 3.63) is 54.6 Å². The predicted octanol–water partition coefficient (Wildman–Crippen LogP) is 1.08. The van der Waals surface area contributed by atoms with Crippen molar-refractivity contribution >= 4 is 12.6 Å². The van der Waals surface area contributed by atoms with Gasteiger partial charge in [0.1, 0.15) is 0 Å². The Balaban J connectivity index is 2.03. The molecular weight excluding hydrogens is 255 g/mol. The van der Waals surface area contributed by atoms with Crippen LogP contribution in [0.25, 0.3) is 22.9 Å². The first-order chi connectivity index (χ1) is 9.75. The SMILES string of the molecule is OB(O)c1ccccc1-c1nnc(-c2ccccc2)o1. The first kappa shape index (κ1) is 12.6. The van der Waals surface area contributed by atoms with Crippen LogP contribution in [-0.2, 0) is 0 Å². The molecule has 0 fully saturated rings. The molecule has 98 valence electrons. The van der Waals surface area contributed by atoms with E-state index in [1.807, 2.05) is 30.3 Å². The van der Waals surface area contributed by atoms with Crippen LogP contribution >= 0.6 is 0 Å². The number of nitrogens with zero attached hydrogens (tertiary/aromatic N) is 2. The zero-order valence-corrected chi connectivity index (χ0v) is 10.5. The van der Waals surface area contributed by atoms with E-state index in [1.54, 1.807) is 24.3 Å². The van der Waals surface area contributed by atoms with Gasteiger partial charge in [-0.25, -0.2) is 0 Å². The van der Waals surface area contributed by atoms with E-state index >= 15 is 0 Å². The number of benzene rings is 2. The van der Waals surface area contributed by atoms with Crippen molar-refractivity contribution in [2.24, 2.45) is 0 Å². The summed E-state index contributed by atoms with van der Waals surface area (Å²) in [4.78, 5) is 0. The zero-order valence-electron chi connectivity index (χ0n) is 10.5. The lowest BCUT2D eigenvalue weighted by atomic mass is 9.77. The smallest absolute Gasteiger partial charge is 0.423 e. The molecule has 6 heteroatoms. The molecule has 0 spiro atoms. The van der Waals surface area contributed by atoms with E-state index in [1.165, 1.54) is 0 Å². The molecule has 3 rings (SSSR count). The van der Waals surface area contributed by atoms with Crippen molar-refractivity contribution < 1.29 is 14.5 Å². The van der Waals surface area contributed by atoms with Crippen molar-refractivity contribution in [1.29, 1.82) is 0 Å². The molecule has 1 heterocycles. The molecule has 0 aliphatic rings. The maximum absolute atomic E-state index is 9.36. The van der Waals surface area contributed by atoms with Gasteiger partial charge in [-0.3, -0.25) is 0 Å². The first-order valence-corrected chi connectivity index (χ1v) is 6.10. The highest BCUT2D eigenvalue weighted by Crippen LogP contribution is 2.22. The summed E-state index contributed by atoms with van der Waals surface area (Å²) in [5.74, 6) is 0.649. The summed E-state index contributed by atoms with van der Waals surface area (Å²) >= 11 is 0. The Hall–Kier alpha value is -2.44. The second-order valence-corrected chi connectivity index (χ2v) is 4.24. The highest BCUT2D eigenvalue weighted by atomic mass is 16.4. The molecule has 2 aromatic carbocycles. The van der Waals surface area contributed by atoms with E-state index in [9.17, 15) is 10.0 Å². The summed E-state index contributed by atoms with van der Waals surface area (Å²) in [5, 5.41) is 26.7. The van der Waals surface area contributed by atoms with Crippen LogP contribution in [0.5, 0.6) is 0 Å². The number of rotatable bonds is 3. The summed E-state index contributed by atoms with van der Waals surface area (Å²) in [5.41, 5.74) is 1.65. The zero-order chi connectivity index (χ0) is 13.9. The van der Waals surface area contributed by atoms with Gasteiger partial charge >= 0.3 is 7.12 Å². The fourth-order valence-corrected chi connectivity index (χ4v) is 1.95. The second kappa shape index (κ2) is 5.28. The van der Waals surface area contributed by atoms with Crippen molar-refractivity contribution in [3.63, 3.8) is 0 Å². The molecule has 0 saturated carbocycles. The minimum absolute atomic E-state index is 0.257. The standard InChI is InChI=1S/C14H11BN2O3/c18-15(19)12-9-5-4-8-11(12)14-17-16-13(20-14)10-6-2-1-3-7-10/h1-9,18-19H. The first-order valence-electron chi connectivity index (χ1n) is 6.10. The Morgan fingerprint density at radius 3 is 2.20 bits per heavy atom. The van der Waals surface area contributed by atoms with Crippen LogP contribution < -0.4 is 5.46 Å². The Morgan fingerprint density at radius 2 is 1.45 bits per heavy atom. The molecule has 0 unspecified atom stereocenters. The maximum Gasteiger partial charge on any atom is 0.489 e. The van der Waals surface area contributed by atoms with E-state index in [2.05, 4.69) is 10.2 Å². The molecule has 0 aliphatic heterocycles. The lowest BCUT2D eigenvalue weighted by molar-refractivity contribution is 0.425. The van der Waals surface area contributed by atoms with Gasteiger partial charge in [-0.15, -0.1) is 10.2 Å². The highest BCUT2D eigenvalue weighted by molar-refractivity contribution is 6.60. The molecule has 0 bridgehead atoms. The molecular formula is C14H11BN2O3. The monoisotopic (exact) mass is 266 g/mol. The highest BCUT2D eigenvalue weighted by Gasteiger charge is 2.20. The van der Waals surface area contributed by atoms with Gasteiger partial charge in [0.15, 0.2) is 0 Å². The molecule has 0 atom stereocenters. The molecule has 3 aromatic rings. The third-order valence-corrected chi connectivity index (χ3v) is 2.92. The van der Waals surface area contributed by atoms with Gasteiger partial charge in [0.05, 0.1) is 0 Å². The summed E-state index contributed by atoms with van der Waals surface area (Å²) in [6.45, 7) is 0. The summed E-state index contributed by atoms with van der Waals surface area (Å²) in [7, 11) is -1.58. The molecule has 0 radical (unpaired) electrons. The molecule has 1 aromatic heterocycles. The van der Waals surface area contributed by atoms with Crippen molar-refractivity contribution in [2.75, 3.05) is 0 Å². The maximum atomic E-state index is 9.36. The van der Waals surface area contributed by atoms with Crippen LogP contribution in [0.3, 0.4) is 0 Å². The van der Waals surface area contributed by atoms with Gasteiger partial charge in [0, 0.05) is 11.1 Å². The van der Waals surface area contributed by atoms with Gasteiger partial charge in [-0.05, 0) is 23.7 Å². The Labute approximate surface area is 115 Å². The van der Waals surface area contributed by atoms with Crippen molar-refractivity contribution in [2.45, 2.75) is 0 Å². The third kappa shape index (κ3) is 2.34. The van der Waals surface area contributed by atoms with E-state index in [0.717, 1.165) is 5.56 Å². The van der Waals surface area contributed by atoms with E-state index in [4.69, 9.17) is 4.42 Å². The minimum atomic E-state index is -1.58. The lowest BCUT2D eigenvalue weighted by Gasteiger charge is -2.03. The third-order valence-electron chi connectivity index (χ3n) is 2.92. The van der Waals surface area contributed by atoms with Crippen LogP contribution in [0, 0.1) is 0 Å². The Morgan fingerprint density at radius 1 is 0.800 bits per heavy atom. The van der Waals surface area contributed by atoms with E-state index in [0.29, 0.717) is 16.9 Å². The van der Waals surface area contributed by atoms with Gasteiger partial charge in [-0.2, -0.15) is 0 Å². The van der Waals surface area contributed by atoms with E-state index < -0.39 is 7.12 Å². The largest absolute Gasteiger partial charge is 0.489 e. The number of hydrogen-bond donors (Lipinski definition) is 2. The van der Waals surface area contributed by atoms with Crippen LogP contribution in [-0.4, -0.2) is 27.4 Å². The van der Waals surface area contributed by atoms with Crippen molar-refractivity contribution in [1.82, 2.24) is 10.2 Å². The Bertz CT molecular complexity index is 713. The number of hydrogen-bond acceptors (Lipinski definition) is 5.